The van der Waals surface area contributed by atoms with Crippen molar-refractivity contribution in [2.24, 2.45) is 11.5 Å². The Morgan fingerprint density at radius 3 is 2.71 bits per heavy atom. The third-order valence-electron chi connectivity index (χ3n) is 3.71. The molecule has 0 saturated carbocycles. The Balaban J connectivity index is 2.15. The second-order valence-corrected chi connectivity index (χ2v) is 5.19. The lowest BCUT2D eigenvalue weighted by Crippen LogP contribution is -2.23. The van der Waals surface area contributed by atoms with E-state index in [0.29, 0.717) is 0 Å². The van der Waals surface area contributed by atoms with Crippen LogP contribution in [0.4, 0.5) is 0 Å². The maximum absolute atomic E-state index is 6.41. The van der Waals surface area contributed by atoms with E-state index in [1.54, 1.807) is 7.11 Å². The molecule has 0 bridgehead atoms. The number of hydrogen-bond acceptors (Lipinski definition) is 4. The number of nitrogens with one attached hydrogen (secondary N) is 1. The summed E-state index contributed by atoms with van der Waals surface area (Å²) in [6, 6.07) is 12.3. The number of methoxy groups -OCH3 is 1. The van der Waals surface area contributed by atoms with E-state index in [2.05, 4.69) is 23.5 Å². The fourth-order valence-corrected chi connectivity index (χ4v) is 2.59. The Morgan fingerprint density at radius 1 is 1.14 bits per heavy atom. The van der Waals surface area contributed by atoms with E-state index in [-0.39, 0.29) is 6.04 Å². The summed E-state index contributed by atoms with van der Waals surface area (Å²) < 4.78 is 5.50. The van der Waals surface area contributed by atoms with Crippen LogP contribution in [0.15, 0.2) is 36.4 Å². The largest absolute Gasteiger partial charge is 0.496 e. The molecular weight excluding hydrogens is 262 g/mol. The zero-order valence-corrected chi connectivity index (χ0v) is 12.6. The summed E-state index contributed by atoms with van der Waals surface area (Å²) in [5, 5.41) is 5.74. The van der Waals surface area contributed by atoms with Crippen molar-refractivity contribution in [2.75, 3.05) is 26.7 Å². The Bertz CT molecular complexity index is 571. The summed E-state index contributed by atoms with van der Waals surface area (Å²) in [5.41, 5.74) is 13.0. The quantitative estimate of drug-likeness (QED) is 0.651. The van der Waals surface area contributed by atoms with E-state index in [0.717, 1.165) is 43.8 Å². The molecule has 2 aromatic carbocycles. The maximum atomic E-state index is 6.41. The summed E-state index contributed by atoms with van der Waals surface area (Å²) in [7, 11) is 1.69. The molecule has 0 aliphatic carbocycles. The highest BCUT2D eigenvalue weighted by atomic mass is 16.5. The molecule has 1 atom stereocenters. The van der Waals surface area contributed by atoms with Gasteiger partial charge >= 0.3 is 0 Å². The van der Waals surface area contributed by atoms with Gasteiger partial charge in [-0.2, -0.15) is 0 Å². The van der Waals surface area contributed by atoms with Crippen molar-refractivity contribution < 1.29 is 4.74 Å². The molecule has 4 heteroatoms. The van der Waals surface area contributed by atoms with Crippen molar-refractivity contribution in [1.29, 1.82) is 0 Å². The molecule has 1 unspecified atom stereocenters. The van der Waals surface area contributed by atoms with Gasteiger partial charge in [0.15, 0.2) is 0 Å². The zero-order valence-electron chi connectivity index (χ0n) is 12.6. The van der Waals surface area contributed by atoms with Crippen molar-refractivity contribution in [3.8, 4) is 5.75 Å². The van der Waals surface area contributed by atoms with Crippen LogP contribution in [0.3, 0.4) is 0 Å². The second kappa shape index (κ2) is 7.98. The van der Waals surface area contributed by atoms with E-state index in [1.807, 2.05) is 18.2 Å². The lowest BCUT2D eigenvalue weighted by molar-refractivity contribution is 0.405. The van der Waals surface area contributed by atoms with Crippen molar-refractivity contribution in [3.63, 3.8) is 0 Å². The summed E-state index contributed by atoms with van der Waals surface area (Å²) >= 11 is 0. The molecule has 0 aliphatic heterocycles. The van der Waals surface area contributed by atoms with Gasteiger partial charge in [0, 0.05) is 11.6 Å². The number of ether oxygens (including phenoxy) is 1. The van der Waals surface area contributed by atoms with Crippen molar-refractivity contribution in [3.05, 3.63) is 42.0 Å². The monoisotopic (exact) mass is 287 g/mol. The van der Waals surface area contributed by atoms with Crippen LogP contribution in [0.25, 0.3) is 10.8 Å². The lowest BCUT2D eigenvalue weighted by atomic mass is 9.96. The maximum Gasteiger partial charge on any atom is 0.124 e. The van der Waals surface area contributed by atoms with Crippen molar-refractivity contribution in [2.45, 2.75) is 18.9 Å². The average Bonchev–Trinajstić information content (AvgIpc) is 2.53. The first-order valence-electron chi connectivity index (χ1n) is 7.50. The average molecular weight is 287 g/mol. The molecule has 21 heavy (non-hydrogen) atoms. The summed E-state index contributed by atoms with van der Waals surface area (Å²) in [6.45, 7) is 2.54. The summed E-state index contributed by atoms with van der Waals surface area (Å²) in [4.78, 5) is 0. The minimum Gasteiger partial charge on any atom is -0.496 e. The van der Waals surface area contributed by atoms with Crippen molar-refractivity contribution in [1.82, 2.24) is 5.32 Å². The predicted octanol–water partition coefficient (Wildman–Crippen LogP) is 2.18. The van der Waals surface area contributed by atoms with Gasteiger partial charge in [0.25, 0.3) is 0 Å². The minimum absolute atomic E-state index is 0.0450. The van der Waals surface area contributed by atoms with Crippen LogP contribution in [0.1, 0.15) is 24.4 Å². The van der Waals surface area contributed by atoms with Gasteiger partial charge in [-0.05, 0) is 49.3 Å². The van der Waals surface area contributed by atoms with Gasteiger partial charge in [-0.25, -0.2) is 0 Å². The number of rotatable bonds is 8. The van der Waals surface area contributed by atoms with Gasteiger partial charge in [0.1, 0.15) is 5.75 Å². The van der Waals surface area contributed by atoms with Crippen molar-refractivity contribution >= 4 is 10.8 Å². The Labute approximate surface area is 126 Å². The van der Waals surface area contributed by atoms with Gasteiger partial charge in [-0.1, -0.05) is 30.3 Å². The highest BCUT2D eigenvalue weighted by Gasteiger charge is 2.15. The number of hydrogen-bond donors (Lipinski definition) is 3. The van der Waals surface area contributed by atoms with Crippen LogP contribution in [-0.4, -0.2) is 26.7 Å². The third-order valence-corrected chi connectivity index (χ3v) is 3.71. The number of nitrogens with two attached hydrogens (primary N) is 2. The van der Waals surface area contributed by atoms with Crippen LogP contribution in [0.5, 0.6) is 5.75 Å². The molecule has 0 fully saturated rings. The molecule has 0 aliphatic rings. The van der Waals surface area contributed by atoms with Crippen LogP contribution < -0.4 is 21.5 Å². The van der Waals surface area contributed by atoms with Crippen LogP contribution in [-0.2, 0) is 0 Å². The van der Waals surface area contributed by atoms with Gasteiger partial charge in [0.2, 0.25) is 0 Å². The van der Waals surface area contributed by atoms with Gasteiger partial charge in [0.05, 0.1) is 7.11 Å². The number of benzene rings is 2. The van der Waals surface area contributed by atoms with E-state index < -0.39 is 0 Å². The van der Waals surface area contributed by atoms with Gasteiger partial charge in [-0.3, -0.25) is 0 Å². The van der Waals surface area contributed by atoms with Crippen LogP contribution >= 0.6 is 0 Å². The molecule has 5 N–H and O–H groups in total. The standard InChI is InChI=1S/C17H25N3O/c1-21-16-8-7-13-5-2-3-6-14(13)17(16)15(19)9-12-20-11-4-10-18/h2-3,5-8,15,20H,4,9-12,18-19H2,1H3. The summed E-state index contributed by atoms with van der Waals surface area (Å²) in [6.07, 6.45) is 1.86. The SMILES string of the molecule is COc1ccc2ccccc2c1C(N)CCNCCCN. The van der Waals surface area contributed by atoms with Gasteiger partial charge in [-0.15, -0.1) is 0 Å². The van der Waals surface area contributed by atoms with Gasteiger partial charge < -0.3 is 21.5 Å². The first-order chi connectivity index (χ1) is 10.3. The highest BCUT2D eigenvalue weighted by molar-refractivity contribution is 5.88. The molecule has 114 valence electrons. The smallest absolute Gasteiger partial charge is 0.124 e. The van der Waals surface area contributed by atoms with Crippen LogP contribution in [0, 0.1) is 0 Å². The zero-order chi connectivity index (χ0) is 15.1. The van der Waals surface area contributed by atoms with E-state index in [9.17, 15) is 0 Å². The molecule has 0 saturated heterocycles. The molecule has 0 heterocycles. The first-order valence-corrected chi connectivity index (χ1v) is 7.50. The third kappa shape index (κ3) is 3.94. The predicted molar refractivity (Wildman–Crippen MR) is 88.6 cm³/mol. The molecule has 2 aromatic rings. The van der Waals surface area contributed by atoms with Crippen LogP contribution in [0.2, 0.25) is 0 Å². The molecule has 0 amide bonds. The summed E-state index contributed by atoms with van der Waals surface area (Å²) in [5.74, 6) is 0.864. The molecule has 0 spiro atoms. The Morgan fingerprint density at radius 2 is 1.95 bits per heavy atom. The molecule has 2 rings (SSSR count). The fraction of sp³-hybridized carbons (Fsp3) is 0.412. The second-order valence-electron chi connectivity index (χ2n) is 5.19. The normalized spacial score (nSPS) is 12.5. The molecule has 0 radical (unpaired) electrons. The lowest BCUT2D eigenvalue weighted by Gasteiger charge is -2.18. The fourth-order valence-electron chi connectivity index (χ4n) is 2.59. The molecular formula is C17H25N3O. The van der Waals surface area contributed by atoms with E-state index in [1.165, 1.54) is 10.8 Å². The molecule has 4 nitrogen and oxygen atoms in total. The Hall–Kier alpha value is -1.62. The van der Waals surface area contributed by atoms with E-state index in [4.69, 9.17) is 16.2 Å². The first kappa shape index (κ1) is 15.8. The minimum atomic E-state index is -0.0450. The molecule has 0 aromatic heterocycles. The number of fused-ring (bicyclic) bond motifs is 1. The highest BCUT2D eigenvalue weighted by Crippen LogP contribution is 2.33. The Kier molecular flexibility index (Phi) is 5.99. The topological polar surface area (TPSA) is 73.3 Å². The van der Waals surface area contributed by atoms with E-state index >= 15 is 0 Å².